The van der Waals surface area contributed by atoms with Crippen LogP contribution < -0.4 is 10.5 Å². The standard InChI is InChI=1S/C23H23N3O2/c1-15-8-9-19(14-16(15)2)20-10-11-22(27)26(24-20)17(3)23(28)25-13-12-18-6-4-5-7-21(18)25/h4-11,14,17H,12-13H2,1-3H3. The lowest BCUT2D eigenvalue weighted by Crippen LogP contribution is -2.39. The lowest BCUT2D eigenvalue weighted by Gasteiger charge is -2.22. The average Bonchev–Trinajstić information content (AvgIpc) is 3.13. The molecule has 0 radical (unpaired) electrons. The average molecular weight is 373 g/mol. The van der Waals surface area contributed by atoms with Crippen molar-refractivity contribution in [2.75, 3.05) is 11.4 Å². The quantitative estimate of drug-likeness (QED) is 0.704. The number of benzene rings is 2. The smallest absolute Gasteiger partial charge is 0.267 e. The van der Waals surface area contributed by atoms with Gasteiger partial charge in [0.05, 0.1) is 5.69 Å². The first-order valence-corrected chi connectivity index (χ1v) is 9.52. The van der Waals surface area contributed by atoms with E-state index in [-0.39, 0.29) is 11.5 Å². The molecule has 0 aliphatic carbocycles. The SMILES string of the molecule is Cc1ccc(-c2ccc(=O)n(C(C)C(=O)N3CCc4ccccc43)n2)cc1C. The molecule has 1 unspecified atom stereocenters. The Labute approximate surface area is 164 Å². The Morgan fingerprint density at radius 3 is 2.61 bits per heavy atom. The summed E-state index contributed by atoms with van der Waals surface area (Å²) >= 11 is 0. The third kappa shape index (κ3) is 3.13. The Morgan fingerprint density at radius 2 is 1.82 bits per heavy atom. The number of hydrogen-bond donors (Lipinski definition) is 0. The van der Waals surface area contributed by atoms with E-state index in [4.69, 9.17) is 0 Å². The maximum absolute atomic E-state index is 13.1. The van der Waals surface area contributed by atoms with Crippen molar-refractivity contribution in [3.63, 3.8) is 0 Å². The molecule has 2 aromatic carbocycles. The summed E-state index contributed by atoms with van der Waals surface area (Å²) in [5.74, 6) is -0.114. The summed E-state index contributed by atoms with van der Waals surface area (Å²) in [6, 6.07) is 16.5. The van der Waals surface area contributed by atoms with Crippen LogP contribution in [0.1, 0.15) is 29.7 Å². The summed E-state index contributed by atoms with van der Waals surface area (Å²) < 4.78 is 1.30. The lowest BCUT2D eigenvalue weighted by molar-refractivity contribution is -0.121. The van der Waals surface area contributed by atoms with Crippen LogP contribution in [0.25, 0.3) is 11.3 Å². The van der Waals surface area contributed by atoms with Crippen molar-refractivity contribution >= 4 is 11.6 Å². The van der Waals surface area contributed by atoms with E-state index >= 15 is 0 Å². The molecule has 3 aromatic rings. The third-order valence-electron chi connectivity index (χ3n) is 5.51. The van der Waals surface area contributed by atoms with Crippen LogP contribution in [-0.2, 0) is 11.2 Å². The highest BCUT2D eigenvalue weighted by molar-refractivity contribution is 5.97. The Balaban J connectivity index is 1.68. The number of rotatable bonds is 3. The summed E-state index contributed by atoms with van der Waals surface area (Å²) in [4.78, 5) is 27.4. The van der Waals surface area contributed by atoms with Gasteiger partial charge in [-0.2, -0.15) is 5.10 Å². The minimum Gasteiger partial charge on any atom is -0.310 e. The zero-order valence-electron chi connectivity index (χ0n) is 16.3. The topological polar surface area (TPSA) is 55.2 Å². The zero-order chi connectivity index (χ0) is 19.8. The fraction of sp³-hybridized carbons (Fsp3) is 0.261. The van der Waals surface area contributed by atoms with E-state index in [0.717, 1.165) is 28.8 Å². The van der Waals surface area contributed by atoms with E-state index in [1.165, 1.54) is 16.3 Å². The maximum atomic E-state index is 13.1. The summed E-state index contributed by atoms with van der Waals surface area (Å²) in [6.07, 6.45) is 0.833. The van der Waals surface area contributed by atoms with Crippen LogP contribution in [0, 0.1) is 13.8 Å². The van der Waals surface area contributed by atoms with Gasteiger partial charge in [0, 0.05) is 23.9 Å². The first-order valence-electron chi connectivity index (χ1n) is 9.52. The number of aryl methyl sites for hydroxylation is 2. The zero-order valence-corrected chi connectivity index (χ0v) is 16.3. The van der Waals surface area contributed by atoms with Gasteiger partial charge in [0.25, 0.3) is 11.5 Å². The summed E-state index contributed by atoms with van der Waals surface area (Å²) in [7, 11) is 0. The van der Waals surface area contributed by atoms with E-state index < -0.39 is 6.04 Å². The van der Waals surface area contributed by atoms with Crippen molar-refractivity contribution < 1.29 is 4.79 Å². The lowest BCUT2D eigenvalue weighted by atomic mass is 10.0. The van der Waals surface area contributed by atoms with Gasteiger partial charge in [-0.05, 0) is 62.1 Å². The predicted octanol–water partition coefficient (Wildman–Crippen LogP) is 3.68. The second-order valence-electron chi connectivity index (χ2n) is 7.34. The van der Waals surface area contributed by atoms with Gasteiger partial charge < -0.3 is 4.90 Å². The Bertz CT molecular complexity index is 1120. The van der Waals surface area contributed by atoms with Gasteiger partial charge in [-0.3, -0.25) is 9.59 Å². The second kappa shape index (κ2) is 7.08. The van der Waals surface area contributed by atoms with Crippen molar-refractivity contribution in [2.24, 2.45) is 0 Å². The third-order valence-corrected chi connectivity index (χ3v) is 5.51. The summed E-state index contributed by atoms with van der Waals surface area (Å²) in [6.45, 7) is 6.48. The molecule has 0 spiro atoms. The number of hydrogen-bond acceptors (Lipinski definition) is 3. The number of aromatic nitrogens is 2. The number of anilines is 1. The fourth-order valence-corrected chi connectivity index (χ4v) is 3.65. The number of fused-ring (bicyclic) bond motifs is 1. The van der Waals surface area contributed by atoms with Crippen molar-refractivity contribution in [1.82, 2.24) is 9.78 Å². The molecule has 0 saturated carbocycles. The van der Waals surface area contributed by atoms with Crippen molar-refractivity contribution in [2.45, 2.75) is 33.2 Å². The van der Waals surface area contributed by atoms with Crippen LogP contribution in [0.3, 0.4) is 0 Å². The number of carbonyl (C=O) groups excluding carboxylic acids is 1. The molecular weight excluding hydrogens is 350 g/mol. The van der Waals surface area contributed by atoms with Gasteiger partial charge in [-0.15, -0.1) is 0 Å². The molecule has 1 aliphatic rings. The normalized spacial score (nSPS) is 14.0. The first-order chi connectivity index (χ1) is 13.5. The maximum Gasteiger partial charge on any atom is 0.267 e. The molecule has 1 aliphatic heterocycles. The monoisotopic (exact) mass is 373 g/mol. The molecule has 0 bridgehead atoms. The van der Waals surface area contributed by atoms with Crippen LogP contribution in [0.4, 0.5) is 5.69 Å². The molecule has 5 nitrogen and oxygen atoms in total. The molecule has 2 heterocycles. The fourth-order valence-electron chi connectivity index (χ4n) is 3.65. The molecule has 142 valence electrons. The Kier molecular flexibility index (Phi) is 4.59. The number of amides is 1. The first kappa shape index (κ1) is 18.2. The summed E-state index contributed by atoms with van der Waals surface area (Å²) in [5.41, 5.74) is 5.79. The van der Waals surface area contributed by atoms with Gasteiger partial charge in [0.15, 0.2) is 0 Å². The molecule has 1 atom stereocenters. The van der Waals surface area contributed by atoms with Gasteiger partial charge in [0.1, 0.15) is 6.04 Å². The predicted molar refractivity (Wildman–Crippen MR) is 111 cm³/mol. The van der Waals surface area contributed by atoms with Crippen LogP contribution in [-0.4, -0.2) is 22.2 Å². The highest BCUT2D eigenvalue weighted by Crippen LogP contribution is 2.29. The van der Waals surface area contributed by atoms with Crippen LogP contribution in [0.5, 0.6) is 0 Å². The van der Waals surface area contributed by atoms with E-state index in [9.17, 15) is 9.59 Å². The van der Waals surface area contributed by atoms with Gasteiger partial charge in [-0.25, -0.2) is 4.68 Å². The van der Waals surface area contributed by atoms with Crippen LogP contribution in [0.15, 0.2) is 59.4 Å². The van der Waals surface area contributed by atoms with Crippen molar-refractivity contribution in [3.05, 3.63) is 81.6 Å². The van der Waals surface area contributed by atoms with Gasteiger partial charge in [-0.1, -0.05) is 30.3 Å². The van der Waals surface area contributed by atoms with E-state index in [1.807, 2.05) is 43.3 Å². The minimum absolute atomic E-state index is 0.114. The number of nitrogens with zero attached hydrogens (tertiary/aromatic N) is 3. The summed E-state index contributed by atoms with van der Waals surface area (Å²) in [5, 5.41) is 4.52. The number of carbonyl (C=O) groups is 1. The van der Waals surface area contributed by atoms with E-state index in [1.54, 1.807) is 17.9 Å². The Morgan fingerprint density at radius 1 is 1.04 bits per heavy atom. The van der Waals surface area contributed by atoms with Crippen LogP contribution >= 0.6 is 0 Å². The largest absolute Gasteiger partial charge is 0.310 e. The molecule has 28 heavy (non-hydrogen) atoms. The molecule has 4 rings (SSSR count). The van der Waals surface area contributed by atoms with E-state index in [2.05, 4.69) is 18.1 Å². The molecule has 1 amide bonds. The molecule has 5 heteroatoms. The van der Waals surface area contributed by atoms with Gasteiger partial charge in [0.2, 0.25) is 0 Å². The van der Waals surface area contributed by atoms with Crippen molar-refractivity contribution in [1.29, 1.82) is 0 Å². The molecule has 1 aromatic heterocycles. The number of para-hydroxylation sites is 1. The Hall–Kier alpha value is -3.21. The van der Waals surface area contributed by atoms with Gasteiger partial charge >= 0.3 is 0 Å². The van der Waals surface area contributed by atoms with Crippen molar-refractivity contribution in [3.8, 4) is 11.3 Å². The van der Waals surface area contributed by atoms with Crippen LogP contribution in [0.2, 0.25) is 0 Å². The molecule has 0 fully saturated rings. The molecule has 0 saturated heterocycles. The van der Waals surface area contributed by atoms with E-state index in [0.29, 0.717) is 12.2 Å². The molecule has 0 N–H and O–H groups in total. The highest BCUT2D eigenvalue weighted by Gasteiger charge is 2.29. The second-order valence-corrected chi connectivity index (χ2v) is 7.34. The molecular formula is C23H23N3O2. The highest BCUT2D eigenvalue weighted by atomic mass is 16.2. The minimum atomic E-state index is -0.676.